The number of benzene rings is 7. The average Bonchev–Trinajstić information content (AvgIpc) is 3.97. The van der Waals surface area contributed by atoms with Crippen LogP contribution in [-0.2, 0) is 27.1 Å². The predicted octanol–water partition coefficient (Wildman–Crippen LogP) is 17.0. The highest BCUT2D eigenvalue weighted by molar-refractivity contribution is 6.11. The third-order valence-corrected chi connectivity index (χ3v) is 15.0. The van der Waals surface area contributed by atoms with Crippen molar-refractivity contribution in [2.75, 3.05) is 0 Å². The Hall–Kier alpha value is -7.50. The van der Waals surface area contributed by atoms with Gasteiger partial charge < -0.3 is 4.74 Å². The van der Waals surface area contributed by atoms with Gasteiger partial charge in [-0.2, -0.15) is 0 Å². The number of hydrogen-bond donors (Lipinski definition) is 0. The van der Waals surface area contributed by atoms with E-state index in [1.807, 2.05) is 6.20 Å². The third kappa shape index (κ3) is 9.43. The quantitative estimate of drug-likeness (QED) is 0.101. The second-order valence-corrected chi connectivity index (χ2v) is 24.1. The van der Waals surface area contributed by atoms with Crippen LogP contribution < -0.4 is 9.30 Å². The summed E-state index contributed by atoms with van der Waals surface area (Å²) >= 11 is 0. The minimum absolute atomic E-state index is 0.0480. The summed E-state index contributed by atoms with van der Waals surface area (Å²) in [5.41, 5.74) is 13.7. The summed E-state index contributed by atoms with van der Waals surface area (Å²) in [6.45, 7) is 29.8. The summed E-state index contributed by atoms with van der Waals surface area (Å²) in [7, 11) is 0. The van der Waals surface area contributed by atoms with Crippen molar-refractivity contribution < 1.29 is 9.30 Å². The molecule has 5 heteroatoms. The summed E-state index contributed by atoms with van der Waals surface area (Å²) in [6.07, 6.45) is 8.15. The molecule has 0 unspecified atom stereocenters. The van der Waals surface area contributed by atoms with Crippen LogP contribution in [0.2, 0.25) is 0 Å². The van der Waals surface area contributed by atoms with Crippen molar-refractivity contribution in [2.24, 2.45) is 0 Å². The molecule has 10 rings (SSSR count). The van der Waals surface area contributed by atoms with E-state index < -0.39 is 5.41 Å². The summed E-state index contributed by atoms with van der Waals surface area (Å²) in [5, 5.41) is 2.41. The highest BCUT2D eigenvalue weighted by Crippen LogP contribution is 2.44. The van der Waals surface area contributed by atoms with Crippen LogP contribution in [0.4, 0.5) is 0 Å². The predicted molar refractivity (Wildman–Crippen MR) is 303 cm³/mol. The first-order chi connectivity index (χ1) is 34.6. The molecule has 0 N–H and O–H groups in total. The zero-order valence-electron chi connectivity index (χ0n) is 45.1. The van der Waals surface area contributed by atoms with E-state index in [9.17, 15) is 0 Å². The van der Waals surface area contributed by atoms with Crippen molar-refractivity contribution in [1.82, 2.24) is 14.1 Å². The van der Waals surface area contributed by atoms with Crippen molar-refractivity contribution in [3.63, 3.8) is 0 Å². The Bertz CT molecular complexity index is 3630. The van der Waals surface area contributed by atoms with Crippen molar-refractivity contribution >= 4 is 21.8 Å². The average molecular weight is 959 g/mol. The topological polar surface area (TPSA) is 35.9 Å². The van der Waals surface area contributed by atoms with E-state index >= 15 is 0 Å². The van der Waals surface area contributed by atoms with Crippen LogP contribution in [0, 0.1) is 6.33 Å². The molecule has 0 radical (unpaired) electrons. The van der Waals surface area contributed by atoms with Crippen molar-refractivity contribution in [1.29, 1.82) is 0 Å². The molecule has 3 aromatic heterocycles. The summed E-state index contributed by atoms with van der Waals surface area (Å²) in [4.78, 5) is 5.03. The lowest BCUT2D eigenvalue weighted by Crippen LogP contribution is -2.40. The molecule has 0 fully saturated rings. The molecule has 0 aliphatic rings. The van der Waals surface area contributed by atoms with Crippen LogP contribution in [0.3, 0.4) is 0 Å². The molecule has 0 aliphatic carbocycles. The molecule has 0 spiro atoms. The lowest BCUT2D eigenvalue weighted by Gasteiger charge is -2.28. The standard InChI is InChI=1S/C68H70N4O/c1-64(2,3)50-33-34-69-62(40-50)72-59-32-24-23-31-57(59)63-58(66(7,8)9)42-56(43-60(63)72)73-55-39-52(67(10,11)48-27-19-15-20-28-48)38-53(41-55)70-44-61(68(12,13)49-29-21-16-22-30-49)71(45-70)54-36-47(46-25-17-14-18-26-46)35-51(37-54)65(4,5)6/h14-44H,1-13H3. The molecule has 368 valence electrons. The Kier molecular flexibility index (Phi) is 12.2. The maximum Gasteiger partial charge on any atom is 0.269 e. The van der Waals surface area contributed by atoms with Gasteiger partial charge in [-0.25, -0.2) is 4.98 Å². The van der Waals surface area contributed by atoms with Gasteiger partial charge in [0, 0.05) is 40.1 Å². The molecule has 10 aromatic rings. The summed E-state index contributed by atoms with van der Waals surface area (Å²) in [5.74, 6) is 2.39. The van der Waals surface area contributed by atoms with Gasteiger partial charge in [-0.05, 0) is 115 Å². The second kappa shape index (κ2) is 18.2. The first-order valence-electron chi connectivity index (χ1n) is 25.9. The smallest absolute Gasteiger partial charge is 0.269 e. The molecule has 0 aliphatic heterocycles. The van der Waals surface area contributed by atoms with Gasteiger partial charge in [-0.15, -0.1) is 0 Å². The van der Waals surface area contributed by atoms with Crippen molar-refractivity contribution in [2.45, 2.75) is 117 Å². The Balaban J connectivity index is 1.21. The number of para-hydroxylation sites is 1. The lowest BCUT2D eigenvalue weighted by molar-refractivity contribution is -0.611. The van der Waals surface area contributed by atoms with E-state index in [4.69, 9.17) is 9.72 Å². The van der Waals surface area contributed by atoms with Crippen LogP contribution in [0.15, 0.2) is 188 Å². The minimum atomic E-state index is -0.410. The normalized spacial score (nSPS) is 12.7. The van der Waals surface area contributed by atoms with Gasteiger partial charge in [-0.1, -0.05) is 205 Å². The van der Waals surface area contributed by atoms with Crippen LogP contribution in [0.25, 0.3) is 50.1 Å². The lowest BCUT2D eigenvalue weighted by atomic mass is 9.78. The summed E-state index contributed by atoms with van der Waals surface area (Å²) in [6, 6.07) is 63.6. The summed E-state index contributed by atoms with van der Waals surface area (Å²) < 4.78 is 14.1. The van der Waals surface area contributed by atoms with Gasteiger partial charge >= 0.3 is 0 Å². The van der Waals surface area contributed by atoms with Crippen molar-refractivity contribution in [3.8, 4) is 39.8 Å². The Morgan fingerprint density at radius 1 is 0.466 bits per heavy atom. The van der Waals surface area contributed by atoms with Crippen LogP contribution >= 0.6 is 0 Å². The second-order valence-electron chi connectivity index (χ2n) is 24.1. The van der Waals surface area contributed by atoms with Crippen molar-refractivity contribution in [3.05, 3.63) is 234 Å². The van der Waals surface area contributed by atoms with E-state index in [1.54, 1.807) is 0 Å². The van der Waals surface area contributed by atoms with Gasteiger partial charge in [0.05, 0.1) is 28.1 Å². The molecular weight excluding hydrogens is 889 g/mol. The molecule has 73 heavy (non-hydrogen) atoms. The molecular formula is C68H70N4O. The van der Waals surface area contributed by atoms with E-state index in [0.29, 0.717) is 0 Å². The Labute approximate surface area is 433 Å². The maximum atomic E-state index is 7.33. The zero-order chi connectivity index (χ0) is 51.7. The van der Waals surface area contributed by atoms with Gasteiger partial charge in [-0.3, -0.25) is 13.7 Å². The number of imidazole rings is 1. The number of fused-ring (bicyclic) bond motifs is 3. The number of pyridine rings is 1. The van der Waals surface area contributed by atoms with Gasteiger partial charge in [0.1, 0.15) is 17.3 Å². The van der Waals surface area contributed by atoms with E-state index in [0.717, 1.165) is 51.0 Å². The number of rotatable bonds is 10. The Morgan fingerprint density at radius 2 is 1.07 bits per heavy atom. The third-order valence-electron chi connectivity index (χ3n) is 15.0. The SMILES string of the molecule is CC(C)(C)c1cc(-c2ccccc2)cc(-[n+]2[c-]n(-c3cc(Oc4cc(C(C)(C)C)c5c6ccccc6n(-c6cc(C(C)(C)C)ccn6)c5c4)cc(C(C)(C)c4ccccc4)c3)cc2C(C)(C)c2ccccc2)c1. The molecule has 5 nitrogen and oxygen atoms in total. The minimum Gasteiger partial charge on any atom is -0.458 e. The fraction of sp³-hybridized carbons (Fsp3) is 0.265. The highest BCUT2D eigenvalue weighted by Gasteiger charge is 2.32. The fourth-order valence-electron chi connectivity index (χ4n) is 10.4. The van der Waals surface area contributed by atoms with Crippen LogP contribution in [-0.4, -0.2) is 14.1 Å². The van der Waals surface area contributed by atoms with Gasteiger partial charge in [0.25, 0.3) is 6.33 Å². The van der Waals surface area contributed by atoms with E-state index in [1.165, 1.54) is 49.7 Å². The zero-order valence-corrected chi connectivity index (χ0v) is 45.1. The molecule has 0 saturated carbocycles. The highest BCUT2D eigenvalue weighted by atomic mass is 16.5. The molecule has 0 saturated heterocycles. The number of ether oxygens (including phenoxy) is 1. The number of nitrogens with zero attached hydrogens (tertiary/aromatic N) is 4. The molecule has 3 heterocycles. The largest absolute Gasteiger partial charge is 0.458 e. The Morgan fingerprint density at radius 3 is 1.71 bits per heavy atom. The van der Waals surface area contributed by atoms with Crippen LogP contribution in [0.5, 0.6) is 11.5 Å². The number of hydrogen-bond acceptors (Lipinski definition) is 2. The first kappa shape index (κ1) is 49.1. The van der Waals surface area contributed by atoms with Gasteiger partial charge in [0.15, 0.2) is 0 Å². The molecule has 0 amide bonds. The molecule has 7 aromatic carbocycles. The van der Waals surface area contributed by atoms with E-state index in [-0.39, 0.29) is 21.7 Å². The van der Waals surface area contributed by atoms with Gasteiger partial charge in [0.2, 0.25) is 0 Å². The fourth-order valence-corrected chi connectivity index (χ4v) is 10.4. The monoisotopic (exact) mass is 959 g/mol. The first-order valence-corrected chi connectivity index (χ1v) is 25.9. The maximum absolute atomic E-state index is 7.33. The molecule has 0 atom stereocenters. The number of aromatic nitrogens is 4. The van der Waals surface area contributed by atoms with E-state index in [2.05, 4.69) is 292 Å². The molecule has 0 bridgehead atoms. The van der Waals surface area contributed by atoms with Crippen LogP contribution in [0.1, 0.15) is 129 Å².